The molecule has 0 saturated carbocycles. The molecular weight excluding hydrogens is 1100 g/mol. The van der Waals surface area contributed by atoms with Gasteiger partial charge in [-0.15, -0.1) is 0 Å². The Kier molecular flexibility index (Phi) is 25.3. The van der Waals surface area contributed by atoms with Crippen molar-refractivity contribution in [3.05, 3.63) is 90.1 Å². The van der Waals surface area contributed by atoms with Crippen molar-refractivity contribution in [1.29, 1.82) is 0 Å². The number of likely N-dealkylation sites (tertiary alicyclic amines) is 1. The normalized spacial score (nSPS) is 15.8. The molecule has 1 aliphatic heterocycles. The van der Waals surface area contributed by atoms with Crippen LogP contribution in [0.25, 0.3) is 10.9 Å². The maximum atomic E-state index is 14.7. The van der Waals surface area contributed by atoms with Crippen LogP contribution in [0.3, 0.4) is 0 Å². The van der Waals surface area contributed by atoms with Gasteiger partial charge in [0, 0.05) is 67.6 Å². The van der Waals surface area contributed by atoms with Crippen molar-refractivity contribution in [1.82, 2.24) is 57.1 Å². The molecule has 9 atom stereocenters. The molecule has 0 spiro atoms. The number of benzene rings is 2. The van der Waals surface area contributed by atoms with Crippen molar-refractivity contribution >= 4 is 81.9 Å². The Labute approximate surface area is 481 Å². The molecule has 454 valence electrons. The molecule has 2 aromatic heterocycles. The molecule has 1 aliphatic rings. The third-order valence-corrected chi connectivity index (χ3v) is 13.8. The van der Waals surface area contributed by atoms with Gasteiger partial charge in [-0.3, -0.25) is 52.7 Å². The van der Waals surface area contributed by atoms with Crippen LogP contribution in [0.4, 0.5) is 0 Å². The number of rotatable bonds is 35. The van der Waals surface area contributed by atoms with E-state index in [9.17, 15) is 72.9 Å². The summed E-state index contributed by atoms with van der Waals surface area (Å²) in [5.41, 5.74) is 24.3. The molecule has 30 nitrogen and oxygen atoms in total. The highest BCUT2D eigenvalue weighted by atomic mass is 16.4. The van der Waals surface area contributed by atoms with Gasteiger partial charge in [-0.05, 0) is 68.7 Å². The molecule has 9 unspecified atom stereocenters. The fourth-order valence-electron chi connectivity index (χ4n) is 9.36. The first-order valence-electron chi connectivity index (χ1n) is 27.2. The number of hydrogen-bond donors (Lipinski definition) is 16. The Morgan fingerprint density at radius 1 is 0.631 bits per heavy atom. The van der Waals surface area contributed by atoms with Gasteiger partial charge in [-0.25, -0.2) is 9.78 Å². The van der Waals surface area contributed by atoms with Gasteiger partial charge in [-0.2, -0.15) is 0 Å². The number of nitrogens with one attached hydrogen (secondary N) is 9. The summed E-state index contributed by atoms with van der Waals surface area (Å²) in [6.45, 7) is -0.804. The van der Waals surface area contributed by atoms with E-state index in [-0.39, 0.29) is 51.6 Å². The first-order chi connectivity index (χ1) is 40.1. The van der Waals surface area contributed by atoms with Crippen molar-refractivity contribution < 1.29 is 72.9 Å². The lowest BCUT2D eigenvalue weighted by atomic mass is 10.0. The Morgan fingerprint density at radius 3 is 1.85 bits per heavy atom. The SMILES string of the molecule is NCCCCC(NC(=O)C(CCC(=O)O)NC(=O)C(Cc1ccccc1)NC(=O)C(CCC(N)=O)NC(=O)C1CCCN1C(=O)C(Cc1cnc[nH]1)NC(=O)C(CO)NC(=O)C(Cc1c[nH]c2ccccc12)NC(=O)C(N)CC(N)=O)C(=O)O. The molecule has 10 amide bonds. The maximum absolute atomic E-state index is 14.7. The molecule has 4 aromatic rings. The number of aromatic nitrogens is 3. The lowest BCUT2D eigenvalue weighted by molar-refractivity contribution is -0.143. The summed E-state index contributed by atoms with van der Waals surface area (Å²) in [5, 5.41) is 47.9. The summed E-state index contributed by atoms with van der Waals surface area (Å²) in [4.78, 5) is 171. The number of amides is 10. The average molecular weight is 1170 g/mol. The van der Waals surface area contributed by atoms with Gasteiger partial charge in [0.15, 0.2) is 0 Å². The zero-order valence-corrected chi connectivity index (χ0v) is 45.9. The number of primary amides is 2. The number of aliphatic hydroxyl groups excluding tert-OH is 1. The molecule has 0 radical (unpaired) electrons. The quantitative estimate of drug-likeness (QED) is 0.0194. The van der Waals surface area contributed by atoms with Gasteiger partial charge in [0.1, 0.15) is 48.3 Å². The first-order valence-corrected chi connectivity index (χ1v) is 27.2. The van der Waals surface area contributed by atoms with E-state index < -0.39 is 164 Å². The fourth-order valence-corrected chi connectivity index (χ4v) is 9.36. The Morgan fingerprint density at radius 2 is 1.21 bits per heavy atom. The number of carboxylic acid groups (broad SMARTS) is 2. The summed E-state index contributed by atoms with van der Waals surface area (Å²) in [6.07, 6.45) is 2.10. The van der Waals surface area contributed by atoms with Gasteiger partial charge in [0.2, 0.25) is 59.1 Å². The number of hydrogen-bond acceptors (Lipinski definition) is 16. The van der Waals surface area contributed by atoms with E-state index in [0.717, 1.165) is 4.90 Å². The van der Waals surface area contributed by atoms with Crippen LogP contribution < -0.4 is 60.2 Å². The number of unbranched alkanes of at least 4 members (excludes halogenated alkanes) is 1. The summed E-state index contributed by atoms with van der Waals surface area (Å²) in [6, 6.07) is 1.66. The second-order valence-corrected chi connectivity index (χ2v) is 20.2. The Bertz CT molecular complexity index is 2960. The van der Waals surface area contributed by atoms with E-state index >= 15 is 0 Å². The maximum Gasteiger partial charge on any atom is 0.326 e. The van der Waals surface area contributed by atoms with Crippen molar-refractivity contribution in [2.75, 3.05) is 19.7 Å². The molecule has 0 bridgehead atoms. The lowest BCUT2D eigenvalue weighted by Gasteiger charge is -2.31. The Balaban J connectivity index is 1.35. The van der Waals surface area contributed by atoms with Gasteiger partial charge in [0.05, 0.1) is 25.4 Å². The topological polar surface area (TPSA) is 502 Å². The molecule has 84 heavy (non-hydrogen) atoms. The highest BCUT2D eigenvalue weighted by Gasteiger charge is 2.41. The summed E-state index contributed by atoms with van der Waals surface area (Å²) < 4.78 is 0. The minimum absolute atomic E-state index is 0.0242. The molecule has 5 rings (SSSR count). The zero-order valence-electron chi connectivity index (χ0n) is 45.9. The highest BCUT2D eigenvalue weighted by Crippen LogP contribution is 2.22. The molecule has 2 aromatic carbocycles. The number of carboxylic acids is 2. The van der Waals surface area contributed by atoms with Crippen molar-refractivity contribution in [3.8, 4) is 0 Å². The molecule has 3 heterocycles. The van der Waals surface area contributed by atoms with Gasteiger partial charge >= 0.3 is 11.9 Å². The van der Waals surface area contributed by atoms with Crippen LogP contribution in [0, 0.1) is 0 Å². The van der Waals surface area contributed by atoms with E-state index in [1.54, 1.807) is 60.8 Å². The largest absolute Gasteiger partial charge is 0.481 e. The average Bonchev–Trinajstić information content (AvgIpc) is 4.28. The van der Waals surface area contributed by atoms with E-state index in [1.165, 1.54) is 12.5 Å². The van der Waals surface area contributed by atoms with Crippen LogP contribution in [0.15, 0.2) is 73.3 Å². The number of para-hydroxylation sites is 1. The number of H-pyrrole nitrogens is 2. The van der Waals surface area contributed by atoms with E-state index in [0.29, 0.717) is 40.6 Å². The molecule has 0 aliphatic carbocycles. The minimum atomic E-state index is -1.75. The van der Waals surface area contributed by atoms with Crippen LogP contribution in [-0.4, -0.2) is 180 Å². The molecule has 20 N–H and O–H groups in total. The van der Waals surface area contributed by atoms with Crippen molar-refractivity contribution in [2.45, 2.75) is 138 Å². The number of fused-ring (bicyclic) bond motifs is 1. The summed E-state index contributed by atoms with van der Waals surface area (Å²) in [5.74, 6) is -12.2. The number of imidazole rings is 1. The number of aliphatic hydroxyl groups is 1. The van der Waals surface area contributed by atoms with Crippen LogP contribution in [0.5, 0.6) is 0 Å². The van der Waals surface area contributed by atoms with Crippen molar-refractivity contribution in [2.24, 2.45) is 22.9 Å². The zero-order chi connectivity index (χ0) is 61.5. The molecule has 1 saturated heterocycles. The smallest absolute Gasteiger partial charge is 0.326 e. The number of nitrogens with zero attached hydrogens (tertiary/aromatic N) is 2. The lowest BCUT2D eigenvalue weighted by Crippen LogP contribution is -2.61. The van der Waals surface area contributed by atoms with Crippen LogP contribution in [-0.2, 0) is 76.8 Å². The van der Waals surface area contributed by atoms with E-state index in [2.05, 4.69) is 52.2 Å². The van der Waals surface area contributed by atoms with E-state index in [1.807, 2.05) is 0 Å². The van der Waals surface area contributed by atoms with Crippen LogP contribution in [0.2, 0.25) is 0 Å². The fraction of sp³-hybridized carbons (Fsp3) is 0.463. The van der Waals surface area contributed by atoms with Crippen LogP contribution in [0.1, 0.15) is 81.0 Å². The summed E-state index contributed by atoms with van der Waals surface area (Å²) >= 11 is 0. The second kappa shape index (κ2) is 32.4. The van der Waals surface area contributed by atoms with Gasteiger partial charge < -0.3 is 90.3 Å². The third-order valence-electron chi connectivity index (χ3n) is 13.8. The van der Waals surface area contributed by atoms with Gasteiger partial charge in [0.25, 0.3) is 0 Å². The predicted octanol–water partition coefficient (Wildman–Crippen LogP) is -4.16. The minimum Gasteiger partial charge on any atom is -0.481 e. The number of carbonyl (C=O) groups excluding carboxylic acids is 10. The number of aliphatic carboxylic acids is 2. The van der Waals surface area contributed by atoms with Gasteiger partial charge in [-0.1, -0.05) is 48.5 Å². The molecular formula is C54H73N15O15. The van der Waals surface area contributed by atoms with Crippen LogP contribution >= 0.6 is 0 Å². The number of aromatic amines is 2. The first kappa shape index (κ1) is 65.5. The monoisotopic (exact) mass is 1170 g/mol. The number of nitrogens with two attached hydrogens (primary N) is 4. The predicted molar refractivity (Wildman–Crippen MR) is 297 cm³/mol. The summed E-state index contributed by atoms with van der Waals surface area (Å²) in [7, 11) is 0. The van der Waals surface area contributed by atoms with Crippen molar-refractivity contribution in [3.63, 3.8) is 0 Å². The molecule has 1 fully saturated rings. The highest BCUT2D eigenvalue weighted by molar-refractivity contribution is 5.99. The van der Waals surface area contributed by atoms with E-state index in [4.69, 9.17) is 22.9 Å². The second-order valence-electron chi connectivity index (χ2n) is 20.2. The Hall–Kier alpha value is -9.29. The molecule has 30 heteroatoms. The number of carbonyl (C=O) groups is 12. The standard InChI is InChI=1S/C54H73N15O15/c55-19-7-6-13-37(54(83)84)64-47(76)36(16-18-45(73)74)62-49(78)38(21-29-9-2-1-3-10-29)66-48(77)35(15-17-43(57)71)63-52(81)42-14-8-20-69(42)53(82)40(23-31-26-59-28-61-31)67-51(80)41(27-70)68-50(79)39(65-46(75)33(56)24-44(58)72)22-30-25-60-34-12-5-4-11-32(30)34/h1-5,9-12,25-26,28,33,35-42,60,70H,6-8,13-24,27,55-56H2,(H2,57,71)(H2,58,72)(H,59,61)(H,62,78)(H,63,81)(H,64,76)(H,65,75)(H,66,77)(H,67,80)(H,68,79)(H,73,74)(H,83,84). The third kappa shape index (κ3) is 20.0.